The van der Waals surface area contributed by atoms with Crippen molar-refractivity contribution in [3.05, 3.63) is 14.8 Å². The molecule has 0 bridgehead atoms. The van der Waals surface area contributed by atoms with Crippen LogP contribution in [0.2, 0.25) is 0 Å². The third kappa shape index (κ3) is 2.14. The van der Waals surface area contributed by atoms with E-state index in [4.69, 9.17) is 5.73 Å². The minimum absolute atomic E-state index is 0.219. The fourth-order valence-corrected chi connectivity index (χ4v) is 1.91. The molecule has 6 heteroatoms. The van der Waals surface area contributed by atoms with Crippen LogP contribution in [0, 0.1) is 0 Å². The highest BCUT2D eigenvalue weighted by atomic mass is 79.9. The molecule has 1 aromatic heterocycles. The summed E-state index contributed by atoms with van der Waals surface area (Å²) in [4.78, 5) is 20.4. The Morgan fingerprint density at radius 2 is 2.00 bits per heavy atom. The summed E-state index contributed by atoms with van der Waals surface area (Å²) in [5.74, 6) is 0.833. The van der Waals surface area contributed by atoms with E-state index in [1.165, 1.54) is 6.42 Å². The van der Waals surface area contributed by atoms with Crippen LogP contribution >= 0.6 is 15.9 Å². The summed E-state index contributed by atoms with van der Waals surface area (Å²) in [5.41, 5.74) is 5.40. The molecule has 5 nitrogen and oxygen atoms in total. The van der Waals surface area contributed by atoms with Crippen molar-refractivity contribution in [3.63, 3.8) is 0 Å². The Bertz CT molecular complexity index is 411. The maximum absolute atomic E-state index is 11.5. The molecule has 1 aromatic rings. The zero-order chi connectivity index (χ0) is 10.8. The number of aromatic amines is 1. The number of nitrogens with one attached hydrogen (secondary N) is 1. The highest BCUT2D eigenvalue weighted by Crippen LogP contribution is 2.18. The maximum atomic E-state index is 11.5. The van der Waals surface area contributed by atoms with Gasteiger partial charge in [-0.1, -0.05) is 0 Å². The number of anilines is 2. The lowest BCUT2D eigenvalue weighted by Crippen LogP contribution is -2.32. The SMILES string of the molecule is Nc1nc(N2CCCCC2)[nH]c(=O)c1Br. The van der Waals surface area contributed by atoms with Crippen LogP contribution in [-0.2, 0) is 0 Å². The lowest BCUT2D eigenvalue weighted by Gasteiger charge is -2.27. The van der Waals surface area contributed by atoms with Crippen molar-refractivity contribution in [2.24, 2.45) is 0 Å². The molecule has 0 amide bonds. The van der Waals surface area contributed by atoms with E-state index in [0.717, 1.165) is 25.9 Å². The largest absolute Gasteiger partial charge is 0.382 e. The summed E-state index contributed by atoms with van der Waals surface area (Å²) in [5, 5.41) is 0. The van der Waals surface area contributed by atoms with Gasteiger partial charge in [-0.25, -0.2) is 0 Å². The Hall–Kier alpha value is -1.04. The average molecular weight is 273 g/mol. The van der Waals surface area contributed by atoms with Crippen molar-refractivity contribution in [2.75, 3.05) is 23.7 Å². The van der Waals surface area contributed by atoms with Crippen LogP contribution in [0.25, 0.3) is 0 Å². The summed E-state index contributed by atoms with van der Waals surface area (Å²) in [7, 11) is 0. The Morgan fingerprint density at radius 1 is 1.33 bits per heavy atom. The Labute approximate surface area is 95.8 Å². The minimum Gasteiger partial charge on any atom is -0.382 e. The summed E-state index contributed by atoms with van der Waals surface area (Å²) in [6.45, 7) is 1.87. The molecule has 82 valence electrons. The molecule has 3 N–H and O–H groups in total. The molecule has 1 fully saturated rings. The number of hydrogen-bond donors (Lipinski definition) is 2. The van der Waals surface area contributed by atoms with E-state index >= 15 is 0 Å². The number of H-pyrrole nitrogens is 1. The summed E-state index contributed by atoms with van der Waals surface area (Å²) < 4.78 is 0.309. The third-order valence-corrected chi connectivity index (χ3v) is 3.30. The second kappa shape index (κ2) is 4.22. The van der Waals surface area contributed by atoms with Gasteiger partial charge in [-0.2, -0.15) is 4.98 Å². The van der Waals surface area contributed by atoms with E-state index in [0.29, 0.717) is 10.4 Å². The van der Waals surface area contributed by atoms with Crippen LogP contribution in [0.5, 0.6) is 0 Å². The van der Waals surface area contributed by atoms with Crippen molar-refractivity contribution < 1.29 is 0 Å². The molecule has 2 rings (SSSR count). The first-order valence-corrected chi connectivity index (χ1v) is 5.78. The van der Waals surface area contributed by atoms with Gasteiger partial charge in [0.05, 0.1) is 0 Å². The molecule has 0 aliphatic carbocycles. The van der Waals surface area contributed by atoms with Gasteiger partial charge in [0.1, 0.15) is 10.3 Å². The monoisotopic (exact) mass is 272 g/mol. The van der Waals surface area contributed by atoms with Crippen LogP contribution in [0.4, 0.5) is 11.8 Å². The van der Waals surface area contributed by atoms with Gasteiger partial charge in [0.15, 0.2) is 0 Å². The highest BCUT2D eigenvalue weighted by molar-refractivity contribution is 9.10. The van der Waals surface area contributed by atoms with E-state index in [2.05, 4.69) is 30.8 Å². The molecule has 0 aromatic carbocycles. The smallest absolute Gasteiger partial charge is 0.268 e. The van der Waals surface area contributed by atoms with Crippen molar-refractivity contribution in [2.45, 2.75) is 19.3 Å². The first kappa shape index (κ1) is 10.5. The van der Waals surface area contributed by atoms with Crippen molar-refractivity contribution in [1.82, 2.24) is 9.97 Å². The quantitative estimate of drug-likeness (QED) is 0.803. The number of aromatic nitrogens is 2. The summed E-state index contributed by atoms with van der Waals surface area (Å²) in [6.07, 6.45) is 3.52. The molecule has 0 spiro atoms. The van der Waals surface area contributed by atoms with Crippen LogP contribution in [0.3, 0.4) is 0 Å². The van der Waals surface area contributed by atoms with Gasteiger partial charge in [-0.3, -0.25) is 9.78 Å². The zero-order valence-electron chi connectivity index (χ0n) is 8.29. The molecule has 0 unspecified atom stereocenters. The van der Waals surface area contributed by atoms with E-state index in [9.17, 15) is 4.79 Å². The number of hydrogen-bond acceptors (Lipinski definition) is 4. The van der Waals surface area contributed by atoms with Crippen LogP contribution in [0.15, 0.2) is 9.27 Å². The first-order valence-electron chi connectivity index (χ1n) is 4.99. The van der Waals surface area contributed by atoms with Gasteiger partial charge in [0.25, 0.3) is 5.56 Å². The lowest BCUT2D eigenvalue weighted by atomic mass is 10.1. The third-order valence-electron chi connectivity index (χ3n) is 2.53. The predicted molar refractivity (Wildman–Crippen MR) is 63.0 cm³/mol. The van der Waals surface area contributed by atoms with E-state index in [1.807, 2.05) is 0 Å². The fraction of sp³-hybridized carbons (Fsp3) is 0.556. The first-order chi connectivity index (χ1) is 7.18. The van der Waals surface area contributed by atoms with Crippen molar-refractivity contribution in [3.8, 4) is 0 Å². The standard InChI is InChI=1S/C9H13BrN4O/c10-6-7(11)12-9(13-8(6)15)14-4-2-1-3-5-14/h1-5H2,(H3,11,12,13,15). The van der Waals surface area contributed by atoms with Crippen LogP contribution in [-0.4, -0.2) is 23.1 Å². The second-order valence-electron chi connectivity index (χ2n) is 3.64. The van der Waals surface area contributed by atoms with Gasteiger partial charge in [0, 0.05) is 13.1 Å². The molecular formula is C9H13BrN4O. The van der Waals surface area contributed by atoms with Crippen LogP contribution < -0.4 is 16.2 Å². The molecular weight excluding hydrogens is 260 g/mol. The molecule has 1 aliphatic heterocycles. The summed E-state index contributed by atoms with van der Waals surface area (Å²) >= 11 is 3.09. The highest BCUT2D eigenvalue weighted by Gasteiger charge is 2.14. The van der Waals surface area contributed by atoms with Crippen molar-refractivity contribution in [1.29, 1.82) is 0 Å². The Balaban J connectivity index is 2.32. The number of halogens is 1. The van der Waals surface area contributed by atoms with Gasteiger partial charge in [-0.15, -0.1) is 0 Å². The number of nitrogens with zero attached hydrogens (tertiary/aromatic N) is 2. The molecule has 0 radical (unpaired) electrons. The Kier molecular flexibility index (Phi) is 2.95. The zero-order valence-corrected chi connectivity index (χ0v) is 9.88. The van der Waals surface area contributed by atoms with Gasteiger partial charge < -0.3 is 10.6 Å². The van der Waals surface area contributed by atoms with E-state index in [-0.39, 0.29) is 11.4 Å². The molecule has 1 aliphatic rings. The normalized spacial score (nSPS) is 16.7. The van der Waals surface area contributed by atoms with E-state index in [1.54, 1.807) is 0 Å². The second-order valence-corrected chi connectivity index (χ2v) is 4.43. The van der Waals surface area contributed by atoms with E-state index < -0.39 is 0 Å². The Morgan fingerprint density at radius 3 is 2.60 bits per heavy atom. The minimum atomic E-state index is -0.219. The topological polar surface area (TPSA) is 75.0 Å². The maximum Gasteiger partial charge on any atom is 0.268 e. The van der Waals surface area contributed by atoms with Gasteiger partial charge in [-0.05, 0) is 35.2 Å². The molecule has 2 heterocycles. The average Bonchev–Trinajstić information content (AvgIpc) is 2.26. The molecule has 1 saturated heterocycles. The summed E-state index contributed by atoms with van der Waals surface area (Å²) in [6, 6.07) is 0. The van der Waals surface area contributed by atoms with Gasteiger partial charge >= 0.3 is 0 Å². The van der Waals surface area contributed by atoms with Gasteiger partial charge in [0.2, 0.25) is 5.95 Å². The molecule has 0 atom stereocenters. The number of rotatable bonds is 1. The van der Waals surface area contributed by atoms with Crippen LogP contribution in [0.1, 0.15) is 19.3 Å². The number of nitrogens with two attached hydrogens (primary N) is 1. The predicted octanol–water partition coefficient (Wildman–Crippen LogP) is 1.10. The molecule has 15 heavy (non-hydrogen) atoms. The fourth-order valence-electron chi connectivity index (χ4n) is 1.72. The number of nitrogen functional groups attached to an aromatic ring is 1. The number of piperidine rings is 1. The van der Waals surface area contributed by atoms with Crippen molar-refractivity contribution >= 4 is 27.7 Å². The lowest BCUT2D eigenvalue weighted by molar-refractivity contribution is 0.568. The molecule has 0 saturated carbocycles.